The lowest BCUT2D eigenvalue weighted by atomic mass is 9.87. The highest BCUT2D eigenvalue weighted by Crippen LogP contribution is 2.23. The van der Waals surface area contributed by atoms with E-state index in [2.05, 4.69) is 48.4 Å². The van der Waals surface area contributed by atoms with E-state index in [4.69, 9.17) is 40.5 Å². The Bertz CT molecular complexity index is 960. The zero-order valence-corrected chi connectivity index (χ0v) is 25.4. The van der Waals surface area contributed by atoms with E-state index < -0.39 is 18.0 Å². The highest BCUT2D eigenvalue weighted by molar-refractivity contribution is 6.18. The molecule has 0 aliphatic heterocycles. The summed E-state index contributed by atoms with van der Waals surface area (Å²) in [4.78, 5) is 60.0. The van der Waals surface area contributed by atoms with Gasteiger partial charge in [-0.25, -0.2) is 14.6 Å². The summed E-state index contributed by atoms with van der Waals surface area (Å²) in [6.07, 6.45) is 5.52. The molecular weight excluding hydrogens is 607 g/mol. The molecule has 5 amide bonds. The van der Waals surface area contributed by atoms with Crippen LogP contribution in [0.3, 0.4) is 0 Å². The molecule has 0 atom stereocenters. The number of imidazole rings is 1. The largest absolute Gasteiger partial charge is 0.364 e. The molecule has 5 N–H and O–H groups in total. The summed E-state index contributed by atoms with van der Waals surface area (Å²) in [6.45, 7) is 2.76. The van der Waals surface area contributed by atoms with Gasteiger partial charge in [-0.3, -0.25) is 9.80 Å². The number of nitrogens with one attached hydrogen (secondary N) is 3. The second-order valence-corrected chi connectivity index (χ2v) is 9.75. The minimum atomic E-state index is -0.631. The molecule has 0 bridgehead atoms. The first-order valence-corrected chi connectivity index (χ1v) is 14.0. The number of H-pyrrole nitrogens is 1. The van der Waals surface area contributed by atoms with Gasteiger partial charge in [-0.1, -0.05) is 12.1 Å². The zero-order valence-electron chi connectivity index (χ0n) is 23.1. The standard InChI is InChI=1S/C10H18ClN3O2.C6H10N6O.C5H9Cl2N3O2/c1-8-2-4-9(5-3-8)12-10(15)14(13-16)7-6-11;1-12(2)11-10-6-4(5(7)13)8-3-9-6;6-1-3-8-5(11)10(9-12)4-2-7/h8-9H,2-7H2,1H3,(H,12,15);3H,1-2H3,(H2,7,13)(H,8,9);1-4H2,(H,8,11)/b;11-10+;. The molecule has 0 radical (unpaired) electrons. The van der Waals surface area contributed by atoms with Crippen LogP contribution < -0.4 is 16.4 Å². The van der Waals surface area contributed by atoms with Gasteiger partial charge in [-0.15, -0.1) is 49.7 Å². The third kappa shape index (κ3) is 16.5. The van der Waals surface area contributed by atoms with Crippen LogP contribution in [0.15, 0.2) is 27.2 Å². The van der Waals surface area contributed by atoms with Gasteiger partial charge in [-0.2, -0.15) is 10.0 Å². The summed E-state index contributed by atoms with van der Waals surface area (Å²) < 4.78 is 0. The Kier molecular flexibility index (Phi) is 20.6. The summed E-state index contributed by atoms with van der Waals surface area (Å²) in [5.41, 5.74) is 5.12. The Morgan fingerprint density at radius 2 is 1.56 bits per heavy atom. The zero-order chi connectivity index (χ0) is 31.2. The monoisotopic (exact) mass is 642 g/mol. The number of aromatic nitrogens is 2. The number of hydrogen-bond donors (Lipinski definition) is 4. The van der Waals surface area contributed by atoms with Gasteiger partial charge in [0.1, 0.15) is 0 Å². The van der Waals surface area contributed by atoms with Crippen molar-refractivity contribution in [2.75, 3.05) is 51.4 Å². The predicted molar refractivity (Wildman–Crippen MR) is 156 cm³/mol. The number of carbonyl (C=O) groups excluding carboxylic acids is 3. The predicted octanol–water partition coefficient (Wildman–Crippen LogP) is 3.72. The van der Waals surface area contributed by atoms with Gasteiger partial charge in [0.2, 0.25) is 0 Å². The highest BCUT2D eigenvalue weighted by atomic mass is 35.5. The van der Waals surface area contributed by atoms with Crippen LogP contribution in [-0.2, 0) is 0 Å². The first-order valence-electron chi connectivity index (χ1n) is 12.4. The molecule has 0 saturated heterocycles. The maximum Gasteiger partial charge on any atom is 0.340 e. The fraction of sp³-hybridized carbons (Fsp3) is 0.714. The molecule has 1 aromatic heterocycles. The SMILES string of the molecule is CC1CCC(NC(=O)N(CCCl)N=O)CC1.CN(C)/N=N/c1[nH]cnc1C(N)=O.O=NN(CCCl)C(=O)NCCCl. The summed E-state index contributed by atoms with van der Waals surface area (Å²) in [5, 5.41) is 20.7. The molecule has 0 aromatic carbocycles. The lowest BCUT2D eigenvalue weighted by molar-refractivity contribution is 0.0996. The molecule has 1 heterocycles. The number of nitroso groups, excluding NO2 is 2. The van der Waals surface area contributed by atoms with Crippen molar-refractivity contribution < 1.29 is 14.4 Å². The molecule has 1 aliphatic rings. The Hall–Kier alpha value is -3.31. The number of rotatable bonds is 12. The number of urea groups is 2. The molecular formula is C21H37Cl3N12O5. The van der Waals surface area contributed by atoms with Gasteiger partial charge in [-0.05, 0) is 31.6 Å². The van der Waals surface area contributed by atoms with E-state index in [0.29, 0.717) is 17.4 Å². The topological polar surface area (TPSA) is 223 Å². The number of halogens is 3. The Morgan fingerprint density at radius 3 is 2.02 bits per heavy atom. The van der Waals surface area contributed by atoms with Crippen LogP contribution in [0.5, 0.6) is 0 Å². The van der Waals surface area contributed by atoms with Crippen LogP contribution in [0.2, 0.25) is 0 Å². The first kappa shape index (κ1) is 37.7. The quantitative estimate of drug-likeness (QED) is 0.114. The number of hydrogen-bond acceptors (Lipinski definition) is 10. The number of primary amides is 1. The van der Waals surface area contributed by atoms with E-state index >= 15 is 0 Å². The number of carbonyl (C=O) groups is 3. The van der Waals surface area contributed by atoms with Gasteiger partial charge in [0, 0.05) is 44.3 Å². The lowest BCUT2D eigenvalue weighted by Crippen LogP contribution is -2.44. The smallest absolute Gasteiger partial charge is 0.340 e. The Labute approximate surface area is 252 Å². The van der Waals surface area contributed by atoms with E-state index in [9.17, 15) is 24.2 Å². The number of nitrogens with zero attached hydrogens (tertiary/aromatic N) is 8. The molecule has 17 nitrogen and oxygen atoms in total. The van der Waals surface area contributed by atoms with Crippen molar-refractivity contribution >= 4 is 58.6 Å². The number of amides is 5. The number of alkyl halides is 3. The second-order valence-electron chi connectivity index (χ2n) is 8.62. The summed E-state index contributed by atoms with van der Waals surface area (Å²) >= 11 is 16.1. The highest BCUT2D eigenvalue weighted by Gasteiger charge is 2.22. The molecule has 0 spiro atoms. The third-order valence-corrected chi connectivity index (χ3v) is 5.68. The molecule has 0 unspecified atom stereocenters. The molecule has 232 valence electrons. The fourth-order valence-corrected chi connectivity index (χ4v) is 3.51. The van der Waals surface area contributed by atoms with E-state index in [1.165, 1.54) is 11.3 Å². The second kappa shape index (κ2) is 22.4. The summed E-state index contributed by atoms with van der Waals surface area (Å²) in [6, 6.07) is -0.843. The van der Waals surface area contributed by atoms with Crippen molar-refractivity contribution in [3.63, 3.8) is 0 Å². The average Bonchev–Trinajstić information content (AvgIpc) is 3.43. The molecule has 1 aliphatic carbocycles. The lowest BCUT2D eigenvalue weighted by Gasteiger charge is -2.27. The van der Waals surface area contributed by atoms with E-state index in [1.807, 2.05) is 0 Å². The van der Waals surface area contributed by atoms with Crippen LogP contribution >= 0.6 is 34.8 Å². The minimum Gasteiger partial charge on any atom is -0.364 e. The molecule has 2 rings (SSSR count). The Morgan fingerprint density at radius 1 is 1.00 bits per heavy atom. The van der Waals surface area contributed by atoms with Crippen molar-refractivity contribution in [3.05, 3.63) is 21.8 Å². The first-order chi connectivity index (χ1) is 19.5. The van der Waals surface area contributed by atoms with E-state index in [-0.39, 0.29) is 42.4 Å². The van der Waals surface area contributed by atoms with Gasteiger partial charge in [0.05, 0.1) is 30.0 Å². The van der Waals surface area contributed by atoms with E-state index in [1.54, 1.807) is 14.1 Å². The van der Waals surface area contributed by atoms with E-state index in [0.717, 1.165) is 36.6 Å². The van der Waals surface area contributed by atoms with Crippen LogP contribution in [0.1, 0.15) is 43.1 Å². The summed E-state index contributed by atoms with van der Waals surface area (Å²) in [5.74, 6) is 1.03. The third-order valence-electron chi connectivity index (χ3n) is 5.15. The van der Waals surface area contributed by atoms with Crippen LogP contribution in [0.4, 0.5) is 15.4 Å². The number of aromatic amines is 1. The summed E-state index contributed by atoms with van der Waals surface area (Å²) in [7, 11) is 3.42. The molecule has 41 heavy (non-hydrogen) atoms. The van der Waals surface area contributed by atoms with Crippen LogP contribution in [-0.4, -0.2) is 100 Å². The molecule has 20 heteroatoms. The fourth-order valence-electron chi connectivity index (χ4n) is 3.10. The average molecular weight is 644 g/mol. The van der Waals surface area contributed by atoms with Gasteiger partial charge < -0.3 is 21.4 Å². The van der Waals surface area contributed by atoms with Crippen LogP contribution in [0.25, 0.3) is 0 Å². The van der Waals surface area contributed by atoms with Crippen molar-refractivity contribution in [2.24, 2.45) is 32.6 Å². The van der Waals surface area contributed by atoms with Gasteiger partial charge in [0.15, 0.2) is 11.5 Å². The minimum absolute atomic E-state index is 0.0885. The maximum absolute atomic E-state index is 11.6. The molecule has 1 saturated carbocycles. The Balaban J connectivity index is 0.000000593. The normalized spacial score (nSPS) is 15.8. The van der Waals surface area contributed by atoms with Crippen molar-refractivity contribution in [3.8, 4) is 0 Å². The van der Waals surface area contributed by atoms with Crippen molar-refractivity contribution in [2.45, 2.75) is 38.6 Å². The van der Waals surface area contributed by atoms with Crippen LogP contribution in [0, 0.1) is 15.7 Å². The molecule has 1 aromatic rings. The van der Waals surface area contributed by atoms with Gasteiger partial charge in [0.25, 0.3) is 5.91 Å². The van der Waals surface area contributed by atoms with Crippen molar-refractivity contribution in [1.82, 2.24) is 35.6 Å². The van der Waals surface area contributed by atoms with Gasteiger partial charge >= 0.3 is 12.1 Å². The maximum atomic E-state index is 11.6. The van der Waals surface area contributed by atoms with Crippen molar-refractivity contribution in [1.29, 1.82) is 0 Å². The number of nitrogens with two attached hydrogens (primary N) is 1. The molecule has 1 fully saturated rings.